The van der Waals surface area contributed by atoms with Gasteiger partial charge in [-0.3, -0.25) is 4.79 Å². The Morgan fingerprint density at radius 1 is 1.33 bits per heavy atom. The van der Waals surface area contributed by atoms with Crippen LogP contribution in [0.15, 0.2) is 41.6 Å². The summed E-state index contributed by atoms with van der Waals surface area (Å²) in [5, 5.41) is 24.7. The largest absolute Gasteiger partial charge is 0.491 e. The van der Waals surface area contributed by atoms with Crippen molar-refractivity contribution in [3.8, 4) is 5.75 Å². The Balaban J connectivity index is 1.47. The van der Waals surface area contributed by atoms with Crippen LogP contribution in [0.3, 0.4) is 0 Å². The second-order valence-corrected chi connectivity index (χ2v) is 7.75. The lowest BCUT2D eigenvalue weighted by Gasteiger charge is -2.17. The molecule has 2 aliphatic carbocycles. The summed E-state index contributed by atoms with van der Waals surface area (Å²) in [5.74, 6) is 0.288. The van der Waals surface area contributed by atoms with Crippen LogP contribution in [0.4, 0.5) is 4.39 Å². The van der Waals surface area contributed by atoms with Crippen LogP contribution in [0, 0.1) is 23.6 Å². The number of methoxy groups -OCH3 is 1. The molecule has 30 heavy (non-hydrogen) atoms. The molecule has 5 atom stereocenters. The highest BCUT2D eigenvalue weighted by Gasteiger charge is 2.46. The predicted octanol–water partition coefficient (Wildman–Crippen LogP) is 2.46. The van der Waals surface area contributed by atoms with Gasteiger partial charge in [0.1, 0.15) is 30.9 Å². The Kier molecular flexibility index (Phi) is 7.81. The van der Waals surface area contributed by atoms with E-state index in [0.29, 0.717) is 18.1 Å². The Morgan fingerprint density at radius 3 is 2.83 bits per heavy atom. The first-order valence-electron chi connectivity index (χ1n) is 10.1. The first-order chi connectivity index (χ1) is 14.5. The van der Waals surface area contributed by atoms with Gasteiger partial charge in [0.25, 0.3) is 0 Å². The van der Waals surface area contributed by atoms with Gasteiger partial charge in [0.05, 0.1) is 25.3 Å². The summed E-state index contributed by atoms with van der Waals surface area (Å²) in [5.41, 5.74) is 0.931. The first kappa shape index (κ1) is 22.2. The second-order valence-electron chi connectivity index (χ2n) is 7.75. The van der Waals surface area contributed by atoms with E-state index in [9.17, 15) is 19.4 Å². The van der Waals surface area contributed by atoms with Gasteiger partial charge >= 0.3 is 5.97 Å². The molecule has 0 bridgehead atoms. The number of esters is 1. The number of rotatable bonds is 9. The monoisotopic (exact) mass is 421 g/mol. The molecule has 0 spiro atoms. The number of aliphatic hydroxyl groups is 2. The minimum absolute atomic E-state index is 0.0415. The number of halogens is 1. The van der Waals surface area contributed by atoms with E-state index in [-0.39, 0.29) is 43.3 Å². The molecule has 3 rings (SSSR count). The predicted molar refractivity (Wildman–Crippen MR) is 107 cm³/mol. The number of benzene rings is 1. The van der Waals surface area contributed by atoms with Gasteiger partial charge in [-0.2, -0.15) is 0 Å². The number of carbonyl (C=O) groups is 1. The van der Waals surface area contributed by atoms with E-state index < -0.39 is 12.2 Å². The van der Waals surface area contributed by atoms with Crippen molar-refractivity contribution in [2.45, 2.75) is 37.9 Å². The summed E-state index contributed by atoms with van der Waals surface area (Å²) in [7, 11) is 1.33. The highest BCUT2D eigenvalue weighted by molar-refractivity contribution is 5.86. The fourth-order valence-corrected chi connectivity index (χ4v) is 4.18. The summed E-state index contributed by atoms with van der Waals surface area (Å²) < 4.78 is 22.9. The van der Waals surface area contributed by atoms with Crippen molar-refractivity contribution in [1.29, 1.82) is 0 Å². The summed E-state index contributed by atoms with van der Waals surface area (Å²) in [6.07, 6.45) is 4.53. The summed E-state index contributed by atoms with van der Waals surface area (Å²) in [6, 6.07) is 5.60. The lowest BCUT2D eigenvalue weighted by molar-refractivity contribution is -0.141. The normalized spacial score (nSPS) is 27.9. The van der Waals surface area contributed by atoms with Crippen LogP contribution in [0.1, 0.15) is 25.7 Å². The number of hydrogen-bond donors (Lipinski definition) is 2. The summed E-state index contributed by atoms with van der Waals surface area (Å²) in [6.45, 7) is 0.220. The van der Waals surface area contributed by atoms with Crippen LogP contribution in [-0.2, 0) is 14.4 Å². The minimum Gasteiger partial charge on any atom is -0.491 e. The third kappa shape index (κ3) is 6.03. The van der Waals surface area contributed by atoms with Gasteiger partial charge in [-0.1, -0.05) is 17.3 Å². The molecule has 2 saturated carbocycles. The van der Waals surface area contributed by atoms with E-state index in [4.69, 9.17) is 9.57 Å². The highest BCUT2D eigenvalue weighted by Crippen LogP contribution is 2.47. The topological polar surface area (TPSA) is 97.6 Å². The van der Waals surface area contributed by atoms with Gasteiger partial charge in [0, 0.05) is 5.92 Å². The molecule has 0 aromatic heterocycles. The number of hydrogen-bond acceptors (Lipinski definition) is 7. The lowest BCUT2D eigenvalue weighted by Crippen LogP contribution is -2.20. The van der Waals surface area contributed by atoms with Gasteiger partial charge < -0.3 is 24.5 Å². The molecule has 1 aromatic carbocycles. The highest BCUT2D eigenvalue weighted by atomic mass is 19.1. The molecule has 1 unspecified atom stereocenters. The molecule has 0 radical (unpaired) electrons. The molecule has 8 heteroatoms. The van der Waals surface area contributed by atoms with E-state index in [0.717, 1.165) is 18.6 Å². The van der Waals surface area contributed by atoms with Crippen molar-refractivity contribution >= 4 is 11.7 Å². The third-order valence-electron chi connectivity index (χ3n) is 5.67. The minimum atomic E-state index is -0.836. The maximum absolute atomic E-state index is 12.9. The average molecular weight is 421 g/mol. The van der Waals surface area contributed by atoms with E-state index in [1.54, 1.807) is 6.08 Å². The van der Waals surface area contributed by atoms with Crippen molar-refractivity contribution in [3.05, 3.63) is 42.2 Å². The van der Waals surface area contributed by atoms with Gasteiger partial charge in [0.15, 0.2) is 0 Å². The van der Waals surface area contributed by atoms with Crippen molar-refractivity contribution in [1.82, 2.24) is 0 Å². The third-order valence-corrected chi connectivity index (χ3v) is 5.67. The molecule has 1 aromatic rings. The van der Waals surface area contributed by atoms with Crippen LogP contribution >= 0.6 is 0 Å². The quantitative estimate of drug-likeness (QED) is 0.275. The second kappa shape index (κ2) is 10.5. The molecule has 7 nitrogen and oxygen atoms in total. The molecule has 0 amide bonds. The van der Waals surface area contributed by atoms with Crippen molar-refractivity contribution in [2.24, 2.45) is 22.9 Å². The molecule has 0 aliphatic heterocycles. The van der Waals surface area contributed by atoms with E-state index in [2.05, 4.69) is 9.89 Å². The van der Waals surface area contributed by atoms with Crippen LogP contribution in [-0.4, -0.2) is 54.4 Å². The maximum atomic E-state index is 12.9. The van der Waals surface area contributed by atoms with Gasteiger partial charge in [0.2, 0.25) is 0 Å². The molecule has 2 N–H and O–H groups in total. The summed E-state index contributed by atoms with van der Waals surface area (Å²) >= 11 is 0. The lowest BCUT2D eigenvalue weighted by atomic mass is 9.90. The van der Waals surface area contributed by atoms with Crippen molar-refractivity contribution in [2.75, 3.05) is 20.3 Å². The number of fused-ring (bicyclic) bond motifs is 1. The standard InChI is InChI=1S/C22H28FNO6/c1-28-22(27)8-9-30-24-16-10-14-11-21(26)19(20(14)12-16)7-4-17(25)13-29-18-5-2-15(23)3-6-18/h2-7,14,17,19-21,25-26H,8-13H2,1H3/b7-4?,24-16+/t14-,17?,19+,20+,21+/m0/s1. The van der Waals surface area contributed by atoms with E-state index >= 15 is 0 Å². The van der Waals surface area contributed by atoms with Gasteiger partial charge in [-0.05, 0) is 55.4 Å². The molecule has 0 saturated heterocycles. The molecule has 164 valence electrons. The zero-order valence-corrected chi connectivity index (χ0v) is 16.9. The van der Waals surface area contributed by atoms with Crippen LogP contribution in [0.2, 0.25) is 0 Å². The Labute approximate surface area is 175 Å². The number of aliphatic hydroxyl groups excluding tert-OH is 2. The average Bonchev–Trinajstić information content (AvgIpc) is 3.25. The van der Waals surface area contributed by atoms with Crippen LogP contribution < -0.4 is 4.74 Å². The number of oxime groups is 1. The zero-order chi connectivity index (χ0) is 21.5. The molecular weight excluding hydrogens is 393 g/mol. The Hall–Kier alpha value is -2.45. The molecule has 0 heterocycles. The molecule has 2 fully saturated rings. The fraction of sp³-hybridized carbons (Fsp3) is 0.545. The Bertz CT molecular complexity index is 765. The summed E-state index contributed by atoms with van der Waals surface area (Å²) in [4.78, 5) is 16.3. The fourth-order valence-electron chi connectivity index (χ4n) is 4.18. The first-order valence-corrected chi connectivity index (χ1v) is 10.1. The Morgan fingerprint density at radius 2 is 2.10 bits per heavy atom. The van der Waals surface area contributed by atoms with Gasteiger partial charge in [-0.25, -0.2) is 4.39 Å². The smallest absolute Gasteiger partial charge is 0.309 e. The van der Waals surface area contributed by atoms with Crippen LogP contribution in [0.5, 0.6) is 5.75 Å². The maximum Gasteiger partial charge on any atom is 0.309 e. The number of carbonyl (C=O) groups excluding carboxylic acids is 1. The number of ether oxygens (including phenoxy) is 2. The zero-order valence-electron chi connectivity index (χ0n) is 16.9. The van der Waals surface area contributed by atoms with Crippen molar-refractivity contribution in [3.63, 3.8) is 0 Å². The van der Waals surface area contributed by atoms with Crippen LogP contribution in [0.25, 0.3) is 0 Å². The SMILES string of the molecule is COC(=O)CCO/N=C1\C[C@H]2C[C@@H](O)[C@H](C=CC(O)COc3ccc(F)cc3)[C@@H]2C1. The van der Waals surface area contributed by atoms with E-state index in [1.807, 2.05) is 6.08 Å². The van der Waals surface area contributed by atoms with Gasteiger partial charge in [-0.15, -0.1) is 0 Å². The number of nitrogens with zero attached hydrogens (tertiary/aromatic N) is 1. The van der Waals surface area contributed by atoms with E-state index in [1.165, 1.54) is 31.4 Å². The molecule has 2 aliphatic rings. The van der Waals surface area contributed by atoms with Crippen molar-refractivity contribution < 1.29 is 33.7 Å². The molecular formula is C22H28FNO6.